The number of benzene rings is 1. The molecule has 1 aromatic carbocycles. The summed E-state index contributed by atoms with van der Waals surface area (Å²) in [6.07, 6.45) is 1.75. The van der Waals surface area contributed by atoms with Crippen molar-refractivity contribution >= 4 is 22.5 Å². The largest absolute Gasteiger partial charge is 0.381 e. The summed E-state index contributed by atoms with van der Waals surface area (Å²) in [7, 11) is 0. The molecule has 1 N–H and O–H groups in total. The van der Waals surface area contributed by atoms with Gasteiger partial charge in [-0.15, -0.1) is 0 Å². The number of halogens is 1. The first-order valence-corrected chi connectivity index (χ1v) is 9.29. The second-order valence-electron chi connectivity index (χ2n) is 7.30. The van der Waals surface area contributed by atoms with Crippen LogP contribution in [0.3, 0.4) is 0 Å². The van der Waals surface area contributed by atoms with Gasteiger partial charge in [0, 0.05) is 42.8 Å². The van der Waals surface area contributed by atoms with Crippen LogP contribution in [0.4, 0.5) is 10.1 Å². The van der Waals surface area contributed by atoms with Gasteiger partial charge in [0.15, 0.2) is 0 Å². The zero-order valence-corrected chi connectivity index (χ0v) is 15.0. The highest BCUT2D eigenvalue weighted by molar-refractivity contribution is 5.82. The molecule has 3 atom stereocenters. The van der Waals surface area contributed by atoms with E-state index in [9.17, 15) is 9.18 Å². The lowest BCUT2D eigenvalue weighted by atomic mass is 10.2. The Hall–Kier alpha value is -2.72. The van der Waals surface area contributed by atoms with Crippen molar-refractivity contribution in [1.29, 1.82) is 5.26 Å². The average Bonchev–Trinajstić information content (AvgIpc) is 3.27. The molecule has 7 heteroatoms. The summed E-state index contributed by atoms with van der Waals surface area (Å²) >= 11 is 0. The van der Waals surface area contributed by atoms with Gasteiger partial charge in [0.25, 0.3) is 0 Å². The predicted octanol–water partition coefficient (Wildman–Crippen LogP) is 2.18. The minimum atomic E-state index is -1.09. The van der Waals surface area contributed by atoms with E-state index >= 15 is 0 Å². The van der Waals surface area contributed by atoms with Crippen LogP contribution in [0.15, 0.2) is 36.5 Å². The number of nitrogens with zero attached hydrogens (tertiary/aromatic N) is 4. The van der Waals surface area contributed by atoms with Crippen LogP contribution in [0.5, 0.6) is 0 Å². The summed E-state index contributed by atoms with van der Waals surface area (Å²) in [4.78, 5) is 20.3. The number of fused-ring (bicyclic) bond motifs is 1. The Bertz CT molecular complexity index is 882. The van der Waals surface area contributed by atoms with Gasteiger partial charge in [0.1, 0.15) is 12.2 Å². The zero-order valence-electron chi connectivity index (χ0n) is 15.0. The SMILES string of the molecule is N#CC1C[C@H](F)CN1C(=O)CN1CC[C@@H](Nc2ccc3cccnc3c2)C1. The summed E-state index contributed by atoms with van der Waals surface area (Å²) < 4.78 is 13.5. The standard InChI is InChI=1S/C20H22FN5O/c21-15-8-18(10-22)26(11-15)20(27)13-25-7-5-17(12-25)24-16-4-3-14-2-1-6-23-19(14)9-16/h1-4,6,9,15,17-18,24H,5,7-8,11-13H2/t15-,17+,18?/m0/s1. The van der Waals surface area contributed by atoms with E-state index < -0.39 is 12.2 Å². The quantitative estimate of drug-likeness (QED) is 0.897. The molecule has 1 unspecified atom stereocenters. The van der Waals surface area contributed by atoms with Crippen molar-refractivity contribution in [2.75, 3.05) is 31.5 Å². The number of hydrogen-bond acceptors (Lipinski definition) is 5. The molecule has 4 rings (SSSR count). The first-order valence-electron chi connectivity index (χ1n) is 9.29. The Balaban J connectivity index is 1.33. The number of carbonyl (C=O) groups is 1. The van der Waals surface area contributed by atoms with Crippen LogP contribution in [0, 0.1) is 11.3 Å². The molecule has 1 amide bonds. The Kier molecular flexibility index (Phi) is 4.90. The van der Waals surface area contributed by atoms with Crippen molar-refractivity contribution in [3.8, 4) is 6.07 Å². The number of rotatable bonds is 4. The number of nitriles is 1. The van der Waals surface area contributed by atoms with Gasteiger partial charge in [-0.3, -0.25) is 14.7 Å². The molecule has 1 aromatic heterocycles. The molecule has 3 heterocycles. The molecule has 140 valence electrons. The molecule has 2 saturated heterocycles. The van der Waals surface area contributed by atoms with Gasteiger partial charge in [-0.05, 0) is 24.6 Å². The smallest absolute Gasteiger partial charge is 0.237 e. The van der Waals surface area contributed by atoms with E-state index in [0.717, 1.165) is 36.1 Å². The number of hydrogen-bond donors (Lipinski definition) is 1. The molecule has 2 aliphatic rings. The molecule has 0 radical (unpaired) electrons. The summed E-state index contributed by atoms with van der Waals surface area (Å²) in [5, 5.41) is 13.7. The minimum absolute atomic E-state index is 0.0384. The van der Waals surface area contributed by atoms with Gasteiger partial charge in [-0.2, -0.15) is 5.26 Å². The molecule has 2 aromatic rings. The third-order valence-corrected chi connectivity index (χ3v) is 5.33. The molecule has 0 saturated carbocycles. The van der Waals surface area contributed by atoms with Gasteiger partial charge in [-0.1, -0.05) is 12.1 Å². The Morgan fingerprint density at radius 2 is 2.26 bits per heavy atom. The number of aromatic nitrogens is 1. The number of amides is 1. The van der Waals surface area contributed by atoms with Gasteiger partial charge < -0.3 is 10.2 Å². The molecule has 6 nitrogen and oxygen atoms in total. The van der Waals surface area contributed by atoms with Gasteiger partial charge in [-0.25, -0.2) is 4.39 Å². The van der Waals surface area contributed by atoms with E-state index in [2.05, 4.69) is 15.2 Å². The number of carbonyl (C=O) groups excluding carboxylic acids is 1. The van der Waals surface area contributed by atoms with E-state index in [0.29, 0.717) is 0 Å². The van der Waals surface area contributed by atoms with E-state index in [1.807, 2.05) is 36.4 Å². The van der Waals surface area contributed by atoms with Crippen LogP contribution in [0.25, 0.3) is 10.9 Å². The normalized spacial score (nSPS) is 25.6. The molecule has 0 aliphatic carbocycles. The van der Waals surface area contributed by atoms with Crippen LogP contribution in [-0.2, 0) is 4.79 Å². The second kappa shape index (κ2) is 7.49. The molecular formula is C20H22FN5O. The highest BCUT2D eigenvalue weighted by atomic mass is 19.1. The van der Waals surface area contributed by atoms with Crippen molar-refractivity contribution in [1.82, 2.24) is 14.8 Å². The molecule has 2 aliphatic heterocycles. The lowest BCUT2D eigenvalue weighted by molar-refractivity contribution is -0.132. The van der Waals surface area contributed by atoms with Gasteiger partial charge >= 0.3 is 0 Å². The monoisotopic (exact) mass is 367 g/mol. The summed E-state index contributed by atoms with van der Waals surface area (Å²) in [6, 6.07) is 11.7. The predicted molar refractivity (Wildman–Crippen MR) is 101 cm³/mol. The average molecular weight is 367 g/mol. The second-order valence-corrected chi connectivity index (χ2v) is 7.30. The van der Waals surface area contributed by atoms with Crippen molar-refractivity contribution < 1.29 is 9.18 Å². The Morgan fingerprint density at radius 1 is 1.37 bits per heavy atom. The van der Waals surface area contributed by atoms with Gasteiger partial charge in [0.05, 0.1) is 24.7 Å². The maximum Gasteiger partial charge on any atom is 0.237 e. The van der Waals surface area contributed by atoms with Crippen LogP contribution in [0.2, 0.25) is 0 Å². The van der Waals surface area contributed by atoms with Crippen LogP contribution >= 0.6 is 0 Å². The van der Waals surface area contributed by atoms with E-state index in [1.54, 1.807) is 6.20 Å². The lowest BCUT2D eigenvalue weighted by Crippen LogP contribution is -2.42. The van der Waals surface area contributed by atoms with E-state index in [1.165, 1.54) is 4.90 Å². The van der Waals surface area contributed by atoms with Crippen LogP contribution in [-0.4, -0.2) is 65.1 Å². The molecule has 0 spiro atoms. The zero-order chi connectivity index (χ0) is 18.8. The first kappa shape index (κ1) is 17.7. The van der Waals surface area contributed by atoms with Gasteiger partial charge in [0.2, 0.25) is 5.91 Å². The topological polar surface area (TPSA) is 72.3 Å². The first-order chi connectivity index (χ1) is 13.1. The van der Waals surface area contributed by atoms with Crippen molar-refractivity contribution in [2.45, 2.75) is 31.1 Å². The fraction of sp³-hybridized carbons (Fsp3) is 0.450. The van der Waals surface area contributed by atoms with E-state index in [4.69, 9.17) is 5.26 Å². The van der Waals surface area contributed by atoms with Crippen molar-refractivity contribution in [3.05, 3.63) is 36.5 Å². The molecule has 27 heavy (non-hydrogen) atoms. The van der Waals surface area contributed by atoms with Crippen molar-refractivity contribution in [3.63, 3.8) is 0 Å². The number of pyridine rings is 1. The number of alkyl halides is 1. The molecule has 0 bridgehead atoms. The molecule has 2 fully saturated rings. The number of likely N-dealkylation sites (tertiary alicyclic amines) is 2. The maximum atomic E-state index is 13.5. The van der Waals surface area contributed by atoms with Crippen LogP contribution < -0.4 is 5.32 Å². The third kappa shape index (κ3) is 3.86. The minimum Gasteiger partial charge on any atom is -0.381 e. The fourth-order valence-corrected chi connectivity index (χ4v) is 3.95. The van der Waals surface area contributed by atoms with E-state index in [-0.39, 0.29) is 31.5 Å². The highest BCUT2D eigenvalue weighted by Gasteiger charge is 2.36. The van der Waals surface area contributed by atoms with Crippen LogP contribution in [0.1, 0.15) is 12.8 Å². The summed E-state index contributed by atoms with van der Waals surface area (Å²) in [5.41, 5.74) is 1.97. The third-order valence-electron chi connectivity index (χ3n) is 5.33. The summed E-state index contributed by atoms with van der Waals surface area (Å²) in [6.45, 7) is 1.83. The lowest BCUT2D eigenvalue weighted by Gasteiger charge is -2.23. The molecular weight excluding hydrogens is 345 g/mol. The maximum absolute atomic E-state index is 13.5. The van der Waals surface area contributed by atoms with Crippen molar-refractivity contribution in [2.24, 2.45) is 0 Å². The fourth-order valence-electron chi connectivity index (χ4n) is 3.95. The highest BCUT2D eigenvalue weighted by Crippen LogP contribution is 2.22. The Morgan fingerprint density at radius 3 is 3.11 bits per heavy atom. The summed E-state index contributed by atoms with van der Waals surface area (Å²) in [5.74, 6) is -0.155. The number of anilines is 1. The number of nitrogens with one attached hydrogen (secondary N) is 1. The Labute approximate surface area is 157 Å².